The minimum Gasteiger partial charge on any atom is -0.457 e. The van der Waals surface area contributed by atoms with Crippen molar-refractivity contribution in [2.75, 3.05) is 33.0 Å². The molecule has 0 aromatic carbocycles. The van der Waals surface area contributed by atoms with Crippen molar-refractivity contribution in [3.8, 4) is 0 Å². The van der Waals surface area contributed by atoms with E-state index in [0.717, 1.165) is 44.9 Å². The van der Waals surface area contributed by atoms with E-state index in [-0.39, 0.29) is 25.6 Å². The summed E-state index contributed by atoms with van der Waals surface area (Å²) in [6, 6.07) is 0. The highest BCUT2D eigenvalue weighted by molar-refractivity contribution is 5.69. The Bertz CT molecular complexity index is 1090. The molecular formula is C51H98O14. The highest BCUT2D eigenvalue weighted by Crippen LogP contribution is 2.27. The van der Waals surface area contributed by atoms with Crippen molar-refractivity contribution in [1.29, 1.82) is 0 Å². The minimum atomic E-state index is -1.70. The third-order valence-electron chi connectivity index (χ3n) is 13.1. The van der Waals surface area contributed by atoms with Gasteiger partial charge in [-0.2, -0.15) is 0 Å². The van der Waals surface area contributed by atoms with E-state index in [0.29, 0.717) is 6.61 Å². The summed E-state index contributed by atoms with van der Waals surface area (Å²) in [6.45, 7) is 3.73. The average Bonchev–Trinajstić information content (AvgIpc) is 3.30. The molecule has 2 heterocycles. The Balaban J connectivity index is 1.73. The molecular weight excluding hydrogens is 837 g/mol. The van der Waals surface area contributed by atoms with Crippen molar-refractivity contribution in [2.45, 2.75) is 287 Å². The smallest absolute Gasteiger partial charge is 0.306 e. The molecule has 14 nitrogen and oxygen atoms in total. The number of rotatable bonds is 43. The van der Waals surface area contributed by atoms with Crippen molar-refractivity contribution >= 4 is 5.97 Å². The third kappa shape index (κ3) is 27.7. The first kappa shape index (κ1) is 60.1. The first-order valence-corrected chi connectivity index (χ1v) is 26.6. The van der Waals surface area contributed by atoms with Crippen molar-refractivity contribution in [3.63, 3.8) is 0 Å². The second kappa shape index (κ2) is 39.8. The predicted molar refractivity (Wildman–Crippen MR) is 252 cm³/mol. The van der Waals surface area contributed by atoms with Gasteiger partial charge in [0.05, 0.1) is 26.4 Å². The van der Waals surface area contributed by atoms with Gasteiger partial charge in [-0.15, -0.1) is 0 Å². The highest BCUT2D eigenvalue weighted by atomic mass is 16.7. The molecule has 2 aliphatic heterocycles. The van der Waals surface area contributed by atoms with Crippen molar-refractivity contribution in [1.82, 2.24) is 0 Å². The molecule has 0 bridgehead atoms. The lowest BCUT2D eigenvalue weighted by Gasteiger charge is -2.42. The van der Waals surface area contributed by atoms with Gasteiger partial charge in [0.15, 0.2) is 12.6 Å². The van der Waals surface area contributed by atoms with E-state index in [9.17, 15) is 40.5 Å². The van der Waals surface area contributed by atoms with Gasteiger partial charge in [0.25, 0.3) is 0 Å². The van der Waals surface area contributed by atoms with Gasteiger partial charge in [-0.1, -0.05) is 200 Å². The second-order valence-corrected chi connectivity index (χ2v) is 19.1. The monoisotopic (exact) mass is 935 g/mol. The van der Waals surface area contributed by atoms with Crippen LogP contribution in [-0.4, -0.2) is 142 Å². The maximum atomic E-state index is 13.0. The van der Waals surface area contributed by atoms with E-state index >= 15 is 0 Å². The Morgan fingerprint density at radius 1 is 0.446 bits per heavy atom. The maximum absolute atomic E-state index is 13.0. The fourth-order valence-corrected chi connectivity index (χ4v) is 8.76. The molecule has 0 radical (unpaired) electrons. The molecule has 7 N–H and O–H groups in total. The number of aliphatic hydroxyl groups is 7. The van der Waals surface area contributed by atoms with Gasteiger partial charge in [0.2, 0.25) is 0 Å². The lowest BCUT2D eigenvalue weighted by molar-refractivity contribution is -0.332. The Kier molecular flexibility index (Phi) is 36.8. The number of hydrogen-bond acceptors (Lipinski definition) is 14. The van der Waals surface area contributed by atoms with Gasteiger partial charge in [-0.3, -0.25) is 4.79 Å². The van der Waals surface area contributed by atoms with E-state index in [2.05, 4.69) is 13.8 Å². The fraction of sp³-hybridized carbons (Fsp3) is 0.980. The Morgan fingerprint density at radius 3 is 1.25 bits per heavy atom. The number of ether oxygens (including phenoxy) is 6. The van der Waals surface area contributed by atoms with Crippen molar-refractivity contribution in [2.24, 2.45) is 0 Å². The van der Waals surface area contributed by atoms with Crippen LogP contribution in [-0.2, 0) is 33.2 Å². The van der Waals surface area contributed by atoms with Crippen LogP contribution in [0.15, 0.2) is 0 Å². The zero-order valence-corrected chi connectivity index (χ0v) is 41.0. The van der Waals surface area contributed by atoms with Crippen LogP contribution >= 0.6 is 0 Å². The molecule has 0 aromatic rings. The number of hydrogen-bond donors (Lipinski definition) is 7. The number of carbonyl (C=O) groups is 1. The van der Waals surface area contributed by atoms with Crippen LogP contribution < -0.4 is 0 Å². The molecule has 386 valence electrons. The summed E-state index contributed by atoms with van der Waals surface area (Å²) < 4.78 is 34.3. The van der Waals surface area contributed by atoms with E-state index in [1.807, 2.05) is 0 Å². The summed E-state index contributed by atoms with van der Waals surface area (Å²) in [5.74, 6) is -0.370. The summed E-state index contributed by atoms with van der Waals surface area (Å²) >= 11 is 0. The molecule has 65 heavy (non-hydrogen) atoms. The van der Waals surface area contributed by atoms with Gasteiger partial charge >= 0.3 is 5.97 Å². The summed E-state index contributed by atoms with van der Waals surface area (Å²) in [4.78, 5) is 13.0. The van der Waals surface area contributed by atoms with Gasteiger partial charge in [-0.05, 0) is 12.8 Å². The number of esters is 1. The molecule has 2 rings (SSSR count). The van der Waals surface area contributed by atoms with Crippen molar-refractivity contribution < 1.29 is 69.0 Å². The molecule has 2 aliphatic rings. The Morgan fingerprint density at radius 2 is 0.815 bits per heavy atom. The summed E-state index contributed by atoms with van der Waals surface area (Å²) in [5.41, 5.74) is 0. The van der Waals surface area contributed by atoms with Crippen LogP contribution in [0.4, 0.5) is 0 Å². The molecule has 0 saturated carbocycles. The zero-order valence-electron chi connectivity index (χ0n) is 41.0. The molecule has 0 aromatic heterocycles. The quantitative estimate of drug-likeness (QED) is 0.0228. The molecule has 14 heteroatoms. The highest BCUT2D eigenvalue weighted by Gasteiger charge is 2.47. The number of aliphatic hydroxyl groups excluding tert-OH is 7. The average molecular weight is 935 g/mol. The maximum Gasteiger partial charge on any atom is 0.306 e. The predicted octanol–water partition coefficient (Wildman–Crippen LogP) is 8.08. The Labute approximate surface area is 393 Å². The van der Waals surface area contributed by atoms with Crippen LogP contribution in [0.25, 0.3) is 0 Å². The molecule has 0 spiro atoms. The first-order chi connectivity index (χ1) is 31.6. The summed E-state index contributed by atoms with van der Waals surface area (Å²) in [5, 5.41) is 72.1. The molecule has 0 aliphatic carbocycles. The topological polar surface area (TPSA) is 214 Å². The molecule has 11 atom stereocenters. The van der Waals surface area contributed by atoms with Gasteiger partial charge < -0.3 is 64.2 Å². The molecule has 2 saturated heterocycles. The SMILES string of the molecule is CCCCCCCCCCCCCCCCCCCCCC(=O)OC(COCCCCCCCCCCCCCC)COC1OC(COC2OC(CO)C(O)C(O)C2O)C(O)C(O)C1O. The molecule has 11 unspecified atom stereocenters. The normalized spacial score (nSPS) is 26.4. The van der Waals surface area contributed by atoms with Crippen LogP contribution in [0.2, 0.25) is 0 Å². The van der Waals surface area contributed by atoms with Crippen molar-refractivity contribution in [3.05, 3.63) is 0 Å². The standard InChI is InChI=1S/C51H98O14/c1-3-5-7-9-11-13-15-17-18-19-20-21-22-23-24-26-28-30-32-34-43(53)63-40(37-60-35-33-31-29-27-25-16-14-12-10-8-6-4-2)38-61-50-49(59)47(57)45(55)42(65-50)39-62-51-48(58)46(56)44(54)41(36-52)64-51/h40-42,44-52,54-59H,3-39H2,1-2H3. The minimum absolute atomic E-state index is 0.0700. The van der Waals surface area contributed by atoms with Crippen LogP contribution in [0.3, 0.4) is 0 Å². The second-order valence-electron chi connectivity index (χ2n) is 19.1. The first-order valence-electron chi connectivity index (χ1n) is 26.6. The van der Waals surface area contributed by atoms with Crippen LogP contribution in [0.1, 0.15) is 219 Å². The van der Waals surface area contributed by atoms with E-state index < -0.39 is 80.7 Å². The third-order valence-corrected chi connectivity index (χ3v) is 13.1. The largest absolute Gasteiger partial charge is 0.457 e. The van der Waals surface area contributed by atoms with Crippen LogP contribution in [0.5, 0.6) is 0 Å². The molecule has 0 amide bonds. The van der Waals surface area contributed by atoms with E-state index in [1.165, 1.54) is 154 Å². The summed E-state index contributed by atoms with van der Waals surface area (Å²) in [6.07, 6.45) is 23.1. The lowest BCUT2D eigenvalue weighted by atomic mass is 9.98. The lowest BCUT2D eigenvalue weighted by Crippen LogP contribution is -2.61. The number of unbranched alkanes of at least 4 members (excludes halogenated alkanes) is 29. The Hall–Kier alpha value is -1.01. The zero-order chi connectivity index (χ0) is 47.3. The number of carbonyl (C=O) groups excluding carboxylic acids is 1. The van der Waals surface area contributed by atoms with Gasteiger partial charge in [0.1, 0.15) is 54.9 Å². The van der Waals surface area contributed by atoms with E-state index in [1.54, 1.807) is 0 Å². The summed E-state index contributed by atoms with van der Waals surface area (Å²) in [7, 11) is 0. The van der Waals surface area contributed by atoms with Gasteiger partial charge in [-0.25, -0.2) is 0 Å². The fourth-order valence-electron chi connectivity index (χ4n) is 8.76. The molecule has 2 fully saturated rings. The van der Waals surface area contributed by atoms with Crippen LogP contribution in [0, 0.1) is 0 Å². The van der Waals surface area contributed by atoms with E-state index in [4.69, 9.17) is 28.4 Å². The van der Waals surface area contributed by atoms with Gasteiger partial charge in [0, 0.05) is 13.0 Å².